The van der Waals surface area contributed by atoms with Gasteiger partial charge in [0, 0.05) is 17.2 Å². The summed E-state index contributed by atoms with van der Waals surface area (Å²) in [5.41, 5.74) is 2.57. The van der Waals surface area contributed by atoms with Gasteiger partial charge in [-0.25, -0.2) is 0 Å². The second-order valence-corrected chi connectivity index (χ2v) is 4.79. The van der Waals surface area contributed by atoms with Crippen LogP contribution in [0.1, 0.15) is 31.0 Å². The summed E-state index contributed by atoms with van der Waals surface area (Å²) in [4.78, 5) is 0. The SMILES string of the molecule is COc1ccc(OC)c2c1CCNC2C(C)C. The smallest absolute Gasteiger partial charge is 0.124 e. The number of nitrogens with one attached hydrogen (secondary N) is 1. The molecular weight excluding hydrogens is 214 g/mol. The van der Waals surface area contributed by atoms with Crippen molar-refractivity contribution >= 4 is 0 Å². The molecule has 94 valence electrons. The monoisotopic (exact) mass is 235 g/mol. The zero-order chi connectivity index (χ0) is 12.4. The number of methoxy groups -OCH3 is 2. The van der Waals surface area contributed by atoms with E-state index in [0.29, 0.717) is 12.0 Å². The van der Waals surface area contributed by atoms with Gasteiger partial charge in [0.05, 0.1) is 14.2 Å². The van der Waals surface area contributed by atoms with Gasteiger partial charge in [-0.2, -0.15) is 0 Å². The first-order valence-electron chi connectivity index (χ1n) is 6.16. The molecule has 1 N–H and O–H groups in total. The van der Waals surface area contributed by atoms with Crippen LogP contribution in [0.25, 0.3) is 0 Å². The molecule has 1 heterocycles. The molecule has 0 aliphatic carbocycles. The van der Waals surface area contributed by atoms with Crippen LogP contribution >= 0.6 is 0 Å². The maximum Gasteiger partial charge on any atom is 0.124 e. The first-order chi connectivity index (χ1) is 8.19. The fourth-order valence-electron chi connectivity index (χ4n) is 2.62. The zero-order valence-corrected chi connectivity index (χ0v) is 11.0. The largest absolute Gasteiger partial charge is 0.496 e. The van der Waals surface area contributed by atoms with Gasteiger partial charge in [0.1, 0.15) is 11.5 Å². The van der Waals surface area contributed by atoms with Crippen LogP contribution in [-0.2, 0) is 6.42 Å². The number of benzene rings is 1. The van der Waals surface area contributed by atoms with E-state index in [9.17, 15) is 0 Å². The second kappa shape index (κ2) is 4.96. The molecule has 0 radical (unpaired) electrons. The summed E-state index contributed by atoms with van der Waals surface area (Å²) < 4.78 is 11.0. The summed E-state index contributed by atoms with van der Waals surface area (Å²) in [5, 5.41) is 3.57. The first kappa shape index (κ1) is 12.2. The van der Waals surface area contributed by atoms with Crippen molar-refractivity contribution in [2.24, 2.45) is 5.92 Å². The normalized spacial score (nSPS) is 19.0. The molecule has 1 aromatic rings. The minimum absolute atomic E-state index is 0.351. The van der Waals surface area contributed by atoms with Crippen molar-refractivity contribution in [3.8, 4) is 11.5 Å². The molecule has 17 heavy (non-hydrogen) atoms. The molecular formula is C14H21NO2. The van der Waals surface area contributed by atoms with E-state index in [1.165, 1.54) is 11.1 Å². The molecule has 0 fully saturated rings. The number of ether oxygens (including phenoxy) is 2. The molecule has 0 saturated carbocycles. The van der Waals surface area contributed by atoms with Crippen LogP contribution in [0.15, 0.2) is 12.1 Å². The lowest BCUT2D eigenvalue weighted by Crippen LogP contribution is -2.33. The average Bonchev–Trinajstić information content (AvgIpc) is 2.36. The Morgan fingerprint density at radius 1 is 1.18 bits per heavy atom. The maximum absolute atomic E-state index is 5.50. The summed E-state index contributed by atoms with van der Waals surface area (Å²) in [7, 11) is 3.46. The van der Waals surface area contributed by atoms with Crippen molar-refractivity contribution in [3.63, 3.8) is 0 Å². The summed E-state index contributed by atoms with van der Waals surface area (Å²) in [5.74, 6) is 2.48. The molecule has 1 atom stereocenters. The van der Waals surface area contributed by atoms with Crippen LogP contribution in [0.3, 0.4) is 0 Å². The average molecular weight is 235 g/mol. The molecule has 1 unspecified atom stereocenters. The number of rotatable bonds is 3. The standard InChI is InChI=1S/C14H21NO2/c1-9(2)14-13-10(7-8-15-14)11(16-3)5-6-12(13)17-4/h5-6,9,14-15H,7-8H2,1-4H3. The molecule has 0 saturated heterocycles. The molecule has 3 heteroatoms. The third kappa shape index (κ3) is 2.12. The van der Waals surface area contributed by atoms with Gasteiger partial charge in [0.2, 0.25) is 0 Å². The molecule has 1 aliphatic heterocycles. The van der Waals surface area contributed by atoms with Crippen LogP contribution < -0.4 is 14.8 Å². The molecule has 0 bridgehead atoms. The lowest BCUT2D eigenvalue weighted by atomic mass is 9.86. The molecule has 0 spiro atoms. The van der Waals surface area contributed by atoms with Gasteiger partial charge >= 0.3 is 0 Å². The molecule has 2 rings (SSSR count). The van der Waals surface area contributed by atoms with Crippen LogP contribution in [0, 0.1) is 5.92 Å². The Morgan fingerprint density at radius 3 is 2.41 bits per heavy atom. The van der Waals surface area contributed by atoms with Crippen LogP contribution in [0.4, 0.5) is 0 Å². The van der Waals surface area contributed by atoms with Gasteiger partial charge in [0.25, 0.3) is 0 Å². The van der Waals surface area contributed by atoms with E-state index in [-0.39, 0.29) is 0 Å². The summed E-state index contributed by atoms with van der Waals surface area (Å²) in [6.07, 6.45) is 0.999. The summed E-state index contributed by atoms with van der Waals surface area (Å²) in [6, 6.07) is 4.35. The fraction of sp³-hybridized carbons (Fsp3) is 0.571. The molecule has 1 aromatic carbocycles. The van der Waals surface area contributed by atoms with E-state index in [1.54, 1.807) is 14.2 Å². The first-order valence-corrected chi connectivity index (χ1v) is 6.16. The Kier molecular flexibility index (Phi) is 3.57. The Morgan fingerprint density at radius 2 is 1.82 bits per heavy atom. The van der Waals surface area contributed by atoms with Gasteiger partial charge in [-0.1, -0.05) is 13.8 Å². The predicted octanol–water partition coefficient (Wildman–Crippen LogP) is 2.55. The van der Waals surface area contributed by atoms with Gasteiger partial charge in [0.15, 0.2) is 0 Å². The highest BCUT2D eigenvalue weighted by Gasteiger charge is 2.28. The molecule has 0 aromatic heterocycles. The van der Waals surface area contributed by atoms with E-state index in [1.807, 2.05) is 12.1 Å². The van der Waals surface area contributed by atoms with Crippen molar-refractivity contribution in [1.82, 2.24) is 5.32 Å². The topological polar surface area (TPSA) is 30.5 Å². The van der Waals surface area contributed by atoms with Gasteiger partial charge in [-0.15, -0.1) is 0 Å². The van der Waals surface area contributed by atoms with Crippen LogP contribution in [-0.4, -0.2) is 20.8 Å². The molecule has 3 nitrogen and oxygen atoms in total. The van der Waals surface area contributed by atoms with Gasteiger partial charge in [-0.3, -0.25) is 0 Å². The summed E-state index contributed by atoms with van der Waals surface area (Å²) in [6.45, 7) is 5.46. The Bertz CT molecular complexity index is 401. The minimum Gasteiger partial charge on any atom is -0.496 e. The van der Waals surface area contributed by atoms with E-state index in [2.05, 4.69) is 19.2 Å². The Labute approximate surface area is 103 Å². The van der Waals surface area contributed by atoms with E-state index >= 15 is 0 Å². The minimum atomic E-state index is 0.351. The molecule has 1 aliphatic rings. The van der Waals surface area contributed by atoms with Crippen molar-refractivity contribution in [3.05, 3.63) is 23.3 Å². The number of hydrogen-bond acceptors (Lipinski definition) is 3. The highest BCUT2D eigenvalue weighted by Crippen LogP contribution is 2.40. The van der Waals surface area contributed by atoms with Gasteiger partial charge in [-0.05, 0) is 31.0 Å². The van der Waals surface area contributed by atoms with Crippen molar-refractivity contribution in [1.29, 1.82) is 0 Å². The highest BCUT2D eigenvalue weighted by molar-refractivity contribution is 5.51. The number of fused-ring (bicyclic) bond motifs is 1. The lowest BCUT2D eigenvalue weighted by molar-refractivity contribution is 0.346. The fourth-order valence-corrected chi connectivity index (χ4v) is 2.62. The van der Waals surface area contributed by atoms with E-state index < -0.39 is 0 Å². The van der Waals surface area contributed by atoms with Crippen molar-refractivity contribution < 1.29 is 9.47 Å². The Hall–Kier alpha value is -1.22. The van der Waals surface area contributed by atoms with E-state index in [0.717, 1.165) is 24.5 Å². The predicted molar refractivity (Wildman–Crippen MR) is 68.8 cm³/mol. The lowest BCUT2D eigenvalue weighted by Gasteiger charge is -2.32. The zero-order valence-electron chi connectivity index (χ0n) is 11.0. The van der Waals surface area contributed by atoms with Crippen molar-refractivity contribution in [2.75, 3.05) is 20.8 Å². The van der Waals surface area contributed by atoms with E-state index in [4.69, 9.17) is 9.47 Å². The maximum atomic E-state index is 5.50. The number of hydrogen-bond donors (Lipinski definition) is 1. The third-order valence-electron chi connectivity index (χ3n) is 3.43. The van der Waals surface area contributed by atoms with Gasteiger partial charge < -0.3 is 14.8 Å². The van der Waals surface area contributed by atoms with Crippen LogP contribution in [0.2, 0.25) is 0 Å². The van der Waals surface area contributed by atoms with Crippen LogP contribution in [0.5, 0.6) is 11.5 Å². The van der Waals surface area contributed by atoms with Crippen molar-refractivity contribution in [2.45, 2.75) is 26.3 Å². The highest BCUT2D eigenvalue weighted by atomic mass is 16.5. The third-order valence-corrected chi connectivity index (χ3v) is 3.43. The quantitative estimate of drug-likeness (QED) is 0.873. The Balaban J connectivity index is 2.56. The summed E-state index contributed by atoms with van der Waals surface area (Å²) >= 11 is 0. The second-order valence-electron chi connectivity index (χ2n) is 4.79. The molecule has 0 amide bonds.